The molecule has 0 radical (unpaired) electrons. The molecule has 0 aliphatic carbocycles. The third-order valence-corrected chi connectivity index (χ3v) is 4.96. The van der Waals surface area contributed by atoms with E-state index in [1.54, 1.807) is 13.2 Å². The normalized spacial score (nSPS) is 14.8. The first kappa shape index (κ1) is 21.9. The maximum absolute atomic E-state index is 12.5. The first-order chi connectivity index (χ1) is 13.2. The Balaban J connectivity index is 0.00000280. The maximum atomic E-state index is 12.5. The Hall–Kier alpha value is -2.38. The van der Waals surface area contributed by atoms with E-state index in [1.165, 1.54) is 11.8 Å². The van der Waals surface area contributed by atoms with E-state index in [9.17, 15) is 4.79 Å². The van der Waals surface area contributed by atoms with Gasteiger partial charge in [-0.1, -0.05) is 30.3 Å². The smallest absolute Gasteiger partial charge is 0.260 e. The van der Waals surface area contributed by atoms with Gasteiger partial charge in [0.1, 0.15) is 5.82 Å². The van der Waals surface area contributed by atoms with Crippen LogP contribution in [0.4, 0.5) is 5.82 Å². The van der Waals surface area contributed by atoms with E-state index >= 15 is 0 Å². The molecule has 3 rings (SSSR count). The number of carbonyl (C=O) groups is 1. The van der Waals surface area contributed by atoms with E-state index < -0.39 is 0 Å². The molecule has 2 heterocycles. The van der Waals surface area contributed by atoms with Crippen LogP contribution in [0.2, 0.25) is 0 Å². The van der Waals surface area contributed by atoms with Gasteiger partial charge in [-0.25, -0.2) is 0 Å². The van der Waals surface area contributed by atoms with Crippen molar-refractivity contribution in [3.63, 3.8) is 0 Å². The number of hydrogen-bond acceptors (Lipinski definition) is 6. The number of rotatable bonds is 7. The lowest BCUT2D eigenvalue weighted by atomic mass is 10.0. The molecule has 1 fully saturated rings. The van der Waals surface area contributed by atoms with Crippen molar-refractivity contribution in [2.45, 2.75) is 25.4 Å². The minimum absolute atomic E-state index is 0. The number of piperidine rings is 1. The molecular formula is C20H28ClN5O2. The molecule has 1 saturated heterocycles. The Kier molecular flexibility index (Phi) is 8.47. The molecule has 8 heteroatoms. The number of nitrogens with one attached hydrogen (secondary N) is 1. The van der Waals surface area contributed by atoms with E-state index in [4.69, 9.17) is 4.74 Å². The van der Waals surface area contributed by atoms with E-state index in [-0.39, 0.29) is 31.0 Å². The summed E-state index contributed by atoms with van der Waals surface area (Å²) >= 11 is 0. The summed E-state index contributed by atoms with van der Waals surface area (Å²) < 4.78 is 5.51. The van der Waals surface area contributed by atoms with Gasteiger partial charge in [-0.15, -0.1) is 12.4 Å². The highest BCUT2D eigenvalue weighted by molar-refractivity contribution is 5.85. The predicted molar refractivity (Wildman–Crippen MR) is 112 cm³/mol. The summed E-state index contributed by atoms with van der Waals surface area (Å²) in [6.45, 7) is 2.93. The van der Waals surface area contributed by atoms with Crippen LogP contribution in [0.15, 0.2) is 42.7 Å². The highest BCUT2D eigenvalue weighted by Crippen LogP contribution is 2.18. The fraction of sp³-hybridized carbons (Fsp3) is 0.450. The summed E-state index contributed by atoms with van der Waals surface area (Å²) in [5.41, 5.74) is 1.33. The van der Waals surface area contributed by atoms with E-state index in [0.717, 1.165) is 32.5 Å². The number of benzene rings is 1. The van der Waals surface area contributed by atoms with Crippen molar-refractivity contribution in [2.24, 2.45) is 0 Å². The Bertz CT molecular complexity index is 738. The van der Waals surface area contributed by atoms with Crippen LogP contribution in [0.5, 0.6) is 5.88 Å². The third kappa shape index (κ3) is 6.07. The van der Waals surface area contributed by atoms with Crippen LogP contribution in [-0.4, -0.2) is 65.5 Å². The molecule has 1 amide bonds. The largest absolute Gasteiger partial charge is 0.466 e. The number of carbonyl (C=O) groups excluding carboxylic acids is 1. The second-order valence-electron chi connectivity index (χ2n) is 6.78. The van der Waals surface area contributed by atoms with Gasteiger partial charge in [0.25, 0.3) is 5.91 Å². The van der Waals surface area contributed by atoms with Crippen molar-refractivity contribution in [3.8, 4) is 5.88 Å². The van der Waals surface area contributed by atoms with E-state index in [0.29, 0.717) is 11.7 Å². The topological polar surface area (TPSA) is 70.6 Å². The average Bonchev–Trinajstić information content (AvgIpc) is 2.73. The van der Waals surface area contributed by atoms with Crippen LogP contribution in [0.1, 0.15) is 18.4 Å². The SMILES string of the molecule is CNc1cncc(OCC(=O)N(C)C2CCN(Cc3ccccc3)CC2)n1.Cl. The van der Waals surface area contributed by atoms with Crippen LogP contribution in [0.3, 0.4) is 0 Å². The molecule has 152 valence electrons. The number of aromatic nitrogens is 2. The van der Waals surface area contributed by atoms with Crippen LogP contribution in [-0.2, 0) is 11.3 Å². The molecule has 0 atom stereocenters. The molecule has 28 heavy (non-hydrogen) atoms. The Morgan fingerprint density at radius 2 is 1.96 bits per heavy atom. The molecule has 0 spiro atoms. The van der Waals surface area contributed by atoms with Gasteiger partial charge in [0, 0.05) is 39.8 Å². The average molecular weight is 406 g/mol. The number of amides is 1. The van der Waals surface area contributed by atoms with Gasteiger partial charge in [0.15, 0.2) is 6.61 Å². The molecule has 0 saturated carbocycles. The molecule has 1 aromatic carbocycles. The number of nitrogens with zero attached hydrogens (tertiary/aromatic N) is 4. The van der Waals surface area contributed by atoms with Crippen molar-refractivity contribution < 1.29 is 9.53 Å². The number of likely N-dealkylation sites (tertiary alicyclic amines) is 1. The fourth-order valence-corrected chi connectivity index (χ4v) is 3.29. The van der Waals surface area contributed by atoms with E-state index in [1.807, 2.05) is 18.0 Å². The van der Waals surface area contributed by atoms with Gasteiger partial charge in [-0.05, 0) is 18.4 Å². The lowest BCUT2D eigenvalue weighted by Gasteiger charge is -2.36. The third-order valence-electron chi connectivity index (χ3n) is 4.96. The lowest BCUT2D eigenvalue weighted by Crippen LogP contribution is -2.46. The zero-order chi connectivity index (χ0) is 19.1. The number of anilines is 1. The molecule has 1 aliphatic heterocycles. The summed E-state index contributed by atoms with van der Waals surface area (Å²) in [7, 11) is 3.62. The van der Waals surface area contributed by atoms with Gasteiger partial charge in [0.2, 0.25) is 5.88 Å². The van der Waals surface area contributed by atoms with Crippen molar-refractivity contribution in [2.75, 3.05) is 39.1 Å². The second-order valence-corrected chi connectivity index (χ2v) is 6.78. The summed E-state index contributed by atoms with van der Waals surface area (Å²) in [6.07, 6.45) is 5.06. The van der Waals surface area contributed by atoms with Crippen molar-refractivity contribution in [1.29, 1.82) is 0 Å². The molecule has 0 unspecified atom stereocenters. The van der Waals surface area contributed by atoms with Crippen LogP contribution in [0, 0.1) is 0 Å². The lowest BCUT2D eigenvalue weighted by molar-refractivity contribution is -0.135. The summed E-state index contributed by atoms with van der Waals surface area (Å²) in [5.74, 6) is 0.925. The molecular weight excluding hydrogens is 378 g/mol. The zero-order valence-electron chi connectivity index (χ0n) is 16.4. The predicted octanol–water partition coefficient (Wildman–Crippen LogP) is 2.44. The maximum Gasteiger partial charge on any atom is 0.260 e. The molecule has 7 nitrogen and oxygen atoms in total. The zero-order valence-corrected chi connectivity index (χ0v) is 17.2. The Morgan fingerprint density at radius 1 is 1.25 bits per heavy atom. The van der Waals surface area contributed by atoms with Crippen molar-refractivity contribution in [3.05, 3.63) is 48.3 Å². The first-order valence-electron chi connectivity index (χ1n) is 9.30. The molecule has 1 N–H and O–H groups in total. The molecule has 1 aliphatic rings. The highest BCUT2D eigenvalue weighted by Gasteiger charge is 2.25. The highest BCUT2D eigenvalue weighted by atomic mass is 35.5. The standard InChI is InChI=1S/C20H27N5O2.ClH/c1-21-18-12-22-13-19(23-18)27-15-20(26)24(2)17-8-10-25(11-9-17)14-16-6-4-3-5-7-16;/h3-7,12-13,17H,8-11,14-15H2,1-2H3,(H,21,23);1H. The van der Waals surface area contributed by atoms with Gasteiger partial charge in [-0.3, -0.25) is 14.7 Å². The minimum Gasteiger partial charge on any atom is -0.466 e. The summed E-state index contributed by atoms with van der Waals surface area (Å²) in [5, 5.41) is 2.90. The number of likely N-dealkylation sites (N-methyl/N-ethyl adjacent to an activating group) is 1. The first-order valence-corrected chi connectivity index (χ1v) is 9.30. The summed E-state index contributed by atoms with van der Waals surface area (Å²) in [6, 6.07) is 10.8. The van der Waals surface area contributed by atoms with Gasteiger partial charge < -0.3 is 15.0 Å². The van der Waals surface area contributed by atoms with Gasteiger partial charge in [0.05, 0.1) is 12.4 Å². The molecule has 2 aromatic rings. The van der Waals surface area contributed by atoms with Gasteiger partial charge >= 0.3 is 0 Å². The fourth-order valence-electron chi connectivity index (χ4n) is 3.29. The van der Waals surface area contributed by atoms with Gasteiger partial charge in [-0.2, -0.15) is 4.98 Å². The Morgan fingerprint density at radius 3 is 2.64 bits per heavy atom. The Labute approximate surface area is 172 Å². The minimum atomic E-state index is -0.0341. The van der Waals surface area contributed by atoms with E-state index in [2.05, 4.69) is 44.5 Å². The van der Waals surface area contributed by atoms with Crippen molar-refractivity contribution in [1.82, 2.24) is 19.8 Å². The number of hydrogen-bond donors (Lipinski definition) is 1. The van der Waals surface area contributed by atoms with Crippen molar-refractivity contribution >= 4 is 24.1 Å². The quantitative estimate of drug-likeness (QED) is 0.762. The van der Waals surface area contributed by atoms with Crippen LogP contribution < -0.4 is 10.1 Å². The number of ether oxygens (including phenoxy) is 1. The van der Waals surface area contributed by atoms with Crippen LogP contribution in [0.25, 0.3) is 0 Å². The number of halogens is 1. The van der Waals surface area contributed by atoms with Crippen LogP contribution >= 0.6 is 12.4 Å². The molecule has 1 aromatic heterocycles. The second kappa shape index (κ2) is 10.8. The monoisotopic (exact) mass is 405 g/mol. The summed E-state index contributed by atoms with van der Waals surface area (Å²) in [4.78, 5) is 25.0. The molecule has 0 bridgehead atoms.